The maximum absolute atomic E-state index is 12.3. The molecule has 0 bridgehead atoms. The maximum atomic E-state index is 12.3. The molecule has 2 saturated carbocycles. The average molecular weight is 283 g/mol. The van der Waals surface area contributed by atoms with Gasteiger partial charge in [0.15, 0.2) is 0 Å². The SMILES string of the molecule is O=C(COCC1CC1)N1CCOCC1C1CCCC1O. The van der Waals surface area contributed by atoms with Crippen molar-refractivity contribution >= 4 is 5.91 Å². The second-order valence-electron chi connectivity index (χ2n) is 6.35. The summed E-state index contributed by atoms with van der Waals surface area (Å²) >= 11 is 0. The third-order valence-electron chi connectivity index (χ3n) is 4.79. The summed E-state index contributed by atoms with van der Waals surface area (Å²) in [5.41, 5.74) is 0. The minimum absolute atomic E-state index is 0.0262. The number of aliphatic hydroxyl groups excluding tert-OH is 1. The molecule has 0 aromatic heterocycles. The highest BCUT2D eigenvalue weighted by molar-refractivity contribution is 5.78. The second kappa shape index (κ2) is 6.41. The minimum Gasteiger partial charge on any atom is -0.393 e. The number of rotatable bonds is 5. The highest BCUT2D eigenvalue weighted by Crippen LogP contribution is 2.32. The molecule has 1 aliphatic heterocycles. The van der Waals surface area contributed by atoms with Gasteiger partial charge in [-0.1, -0.05) is 6.42 Å². The first-order chi connectivity index (χ1) is 9.75. The zero-order chi connectivity index (χ0) is 13.9. The molecule has 0 aromatic carbocycles. The molecular weight excluding hydrogens is 258 g/mol. The van der Waals surface area contributed by atoms with E-state index in [0.29, 0.717) is 32.3 Å². The van der Waals surface area contributed by atoms with Gasteiger partial charge in [-0.25, -0.2) is 0 Å². The van der Waals surface area contributed by atoms with E-state index >= 15 is 0 Å². The fourth-order valence-corrected chi connectivity index (χ4v) is 3.39. The highest BCUT2D eigenvalue weighted by atomic mass is 16.5. The van der Waals surface area contributed by atoms with Gasteiger partial charge in [0.25, 0.3) is 0 Å². The summed E-state index contributed by atoms with van der Waals surface area (Å²) in [6.45, 7) is 2.66. The zero-order valence-corrected chi connectivity index (χ0v) is 12.0. The molecule has 3 rings (SSSR count). The number of hydrogen-bond donors (Lipinski definition) is 1. The maximum Gasteiger partial charge on any atom is 0.248 e. The highest BCUT2D eigenvalue weighted by Gasteiger charge is 2.39. The van der Waals surface area contributed by atoms with E-state index < -0.39 is 0 Å². The van der Waals surface area contributed by atoms with E-state index in [4.69, 9.17) is 9.47 Å². The van der Waals surface area contributed by atoms with Crippen LogP contribution in [-0.4, -0.2) is 61.0 Å². The van der Waals surface area contributed by atoms with Crippen molar-refractivity contribution in [3.05, 3.63) is 0 Å². The van der Waals surface area contributed by atoms with Crippen LogP contribution in [0.2, 0.25) is 0 Å². The van der Waals surface area contributed by atoms with Gasteiger partial charge in [-0.15, -0.1) is 0 Å². The lowest BCUT2D eigenvalue weighted by Gasteiger charge is -2.40. The Morgan fingerprint density at radius 3 is 2.85 bits per heavy atom. The summed E-state index contributed by atoms with van der Waals surface area (Å²) < 4.78 is 11.0. The predicted molar refractivity (Wildman–Crippen MR) is 73.2 cm³/mol. The van der Waals surface area contributed by atoms with Gasteiger partial charge >= 0.3 is 0 Å². The summed E-state index contributed by atoms with van der Waals surface area (Å²) in [5, 5.41) is 10.1. The van der Waals surface area contributed by atoms with Crippen molar-refractivity contribution < 1.29 is 19.4 Å². The molecule has 5 heteroatoms. The van der Waals surface area contributed by atoms with Crippen LogP contribution in [0.15, 0.2) is 0 Å². The van der Waals surface area contributed by atoms with Gasteiger partial charge in [-0.05, 0) is 31.6 Å². The Labute approximate surface area is 120 Å². The lowest BCUT2D eigenvalue weighted by Crippen LogP contribution is -2.54. The van der Waals surface area contributed by atoms with Crippen LogP contribution in [-0.2, 0) is 14.3 Å². The molecule has 1 N–H and O–H groups in total. The molecule has 1 amide bonds. The van der Waals surface area contributed by atoms with Crippen LogP contribution in [0, 0.1) is 11.8 Å². The van der Waals surface area contributed by atoms with E-state index in [1.165, 1.54) is 12.8 Å². The van der Waals surface area contributed by atoms with Crippen molar-refractivity contribution in [2.45, 2.75) is 44.2 Å². The lowest BCUT2D eigenvalue weighted by atomic mass is 9.94. The van der Waals surface area contributed by atoms with E-state index in [2.05, 4.69) is 0 Å². The van der Waals surface area contributed by atoms with Crippen LogP contribution >= 0.6 is 0 Å². The first kappa shape index (κ1) is 14.3. The quantitative estimate of drug-likeness (QED) is 0.811. The zero-order valence-electron chi connectivity index (χ0n) is 12.0. The smallest absolute Gasteiger partial charge is 0.248 e. The number of ether oxygens (including phenoxy) is 2. The number of hydrogen-bond acceptors (Lipinski definition) is 4. The molecule has 0 radical (unpaired) electrons. The van der Waals surface area contributed by atoms with Gasteiger partial charge in [-0.3, -0.25) is 4.79 Å². The van der Waals surface area contributed by atoms with Crippen LogP contribution in [0.25, 0.3) is 0 Å². The van der Waals surface area contributed by atoms with Crippen molar-refractivity contribution in [3.63, 3.8) is 0 Å². The summed E-state index contributed by atoms with van der Waals surface area (Å²) in [5.74, 6) is 0.903. The van der Waals surface area contributed by atoms with Gasteiger partial charge in [0.2, 0.25) is 5.91 Å². The van der Waals surface area contributed by atoms with Crippen molar-refractivity contribution in [1.82, 2.24) is 4.90 Å². The third kappa shape index (κ3) is 3.32. The van der Waals surface area contributed by atoms with Gasteiger partial charge in [0, 0.05) is 12.5 Å². The fourth-order valence-electron chi connectivity index (χ4n) is 3.39. The van der Waals surface area contributed by atoms with Crippen molar-refractivity contribution in [1.29, 1.82) is 0 Å². The van der Waals surface area contributed by atoms with Crippen LogP contribution in [0.5, 0.6) is 0 Å². The van der Waals surface area contributed by atoms with Crippen LogP contribution in [0.4, 0.5) is 0 Å². The Bertz CT molecular complexity index is 345. The minimum atomic E-state index is -0.288. The summed E-state index contributed by atoms with van der Waals surface area (Å²) in [7, 11) is 0. The van der Waals surface area contributed by atoms with E-state index in [0.717, 1.165) is 19.3 Å². The van der Waals surface area contributed by atoms with Crippen molar-refractivity contribution in [2.24, 2.45) is 11.8 Å². The molecule has 5 nitrogen and oxygen atoms in total. The monoisotopic (exact) mass is 283 g/mol. The number of nitrogens with zero attached hydrogens (tertiary/aromatic N) is 1. The molecule has 114 valence electrons. The average Bonchev–Trinajstić information content (AvgIpc) is 3.19. The Balaban J connectivity index is 1.54. The Kier molecular flexibility index (Phi) is 4.58. The molecule has 1 saturated heterocycles. The van der Waals surface area contributed by atoms with Gasteiger partial charge in [0.05, 0.1) is 32.0 Å². The van der Waals surface area contributed by atoms with Crippen molar-refractivity contribution in [3.8, 4) is 0 Å². The van der Waals surface area contributed by atoms with Crippen molar-refractivity contribution in [2.75, 3.05) is 33.0 Å². The first-order valence-electron chi connectivity index (χ1n) is 7.88. The van der Waals surface area contributed by atoms with Crippen LogP contribution in [0.3, 0.4) is 0 Å². The molecule has 3 fully saturated rings. The summed E-state index contributed by atoms with van der Waals surface area (Å²) in [6, 6.07) is 0.0262. The molecule has 3 aliphatic rings. The summed E-state index contributed by atoms with van der Waals surface area (Å²) in [4.78, 5) is 14.2. The Morgan fingerprint density at radius 2 is 2.15 bits per heavy atom. The molecule has 3 atom stereocenters. The van der Waals surface area contributed by atoms with E-state index in [-0.39, 0.29) is 30.6 Å². The molecule has 20 heavy (non-hydrogen) atoms. The number of amides is 1. The van der Waals surface area contributed by atoms with Crippen LogP contribution < -0.4 is 0 Å². The molecular formula is C15H25NO4. The number of aliphatic hydroxyl groups is 1. The standard InChI is InChI=1S/C15H25NO4/c17-14-3-1-2-12(14)13-9-19-7-6-16(13)15(18)10-20-8-11-4-5-11/h11-14,17H,1-10H2. The molecule has 1 heterocycles. The number of carbonyl (C=O) groups excluding carboxylic acids is 1. The van der Waals surface area contributed by atoms with E-state index in [9.17, 15) is 9.90 Å². The van der Waals surface area contributed by atoms with Gasteiger partial charge < -0.3 is 19.5 Å². The lowest BCUT2D eigenvalue weighted by molar-refractivity contribution is -0.148. The Morgan fingerprint density at radius 1 is 1.30 bits per heavy atom. The predicted octanol–water partition coefficient (Wildman–Crippen LogP) is 0.801. The third-order valence-corrected chi connectivity index (χ3v) is 4.79. The normalized spacial score (nSPS) is 34.5. The number of carbonyl (C=O) groups is 1. The molecule has 0 spiro atoms. The van der Waals surface area contributed by atoms with Crippen LogP contribution in [0.1, 0.15) is 32.1 Å². The summed E-state index contributed by atoms with van der Waals surface area (Å²) in [6.07, 6.45) is 5.07. The second-order valence-corrected chi connectivity index (χ2v) is 6.35. The van der Waals surface area contributed by atoms with E-state index in [1.807, 2.05) is 4.90 Å². The number of morpholine rings is 1. The Hall–Kier alpha value is -0.650. The molecule has 0 aromatic rings. The van der Waals surface area contributed by atoms with Gasteiger partial charge in [0.1, 0.15) is 6.61 Å². The fraction of sp³-hybridized carbons (Fsp3) is 0.933. The van der Waals surface area contributed by atoms with Gasteiger partial charge in [-0.2, -0.15) is 0 Å². The van der Waals surface area contributed by atoms with E-state index in [1.54, 1.807) is 0 Å². The topological polar surface area (TPSA) is 59.0 Å². The molecule has 3 unspecified atom stereocenters. The largest absolute Gasteiger partial charge is 0.393 e. The first-order valence-corrected chi connectivity index (χ1v) is 7.88. The molecule has 2 aliphatic carbocycles.